The first-order chi connectivity index (χ1) is 15.1. The molecule has 2 aromatic rings. The highest BCUT2D eigenvalue weighted by molar-refractivity contribution is 6.22. The predicted octanol–water partition coefficient (Wildman–Crippen LogP) is 2.81. The SMILES string of the molecule is Cc1cccc2[nH]cc(C3CC(=O)C(=CCCCN4CCN(CCO)CC4)C(=O)C3)c12. The highest BCUT2D eigenvalue weighted by atomic mass is 16.3. The molecular formula is C25H33N3O3. The number of piperazine rings is 1. The number of nitrogens with zero attached hydrogens (tertiary/aromatic N) is 2. The highest BCUT2D eigenvalue weighted by Gasteiger charge is 2.32. The average molecular weight is 424 g/mol. The zero-order valence-corrected chi connectivity index (χ0v) is 18.4. The van der Waals surface area contributed by atoms with Gasteiger partial charge in [0.05, 0.1) is 12.2 Å². The number of carbonyl (C=O) groups is 2. The third-order valence-electron chi connectivity index (χ3n) is 6.76. The van der Waals surface area contributed by atoms with E-state index in [0.29, 0.717) is 18.4 Å². The van der Waals surface area contributed by atoms with E-state index in [1.54, 1.807) is 0 Å². The quantitative estimate of drug-likeness (QED) is 0.407. The second-order valence-corrected chi connectivity index (χ2v) is 8.86. The van der Waals surface area contributed by atoms with Crippen molar-refractivity contribution in [3.05, 3.63) is 47.2 Å². The van der Waals surface area contributed by atoms with Gasteiger partial charge in [0.15, 0.2) is 11.6 Å². The lowest BCUT2D eigenvalue weighted by atomic mass is 9.79. The Morgan fingerprint density at radius 1 is 1.06 bits per heavy atom. The minimum Gasteiger partial charge on any atom is -0.395 e. The van der Waals surface area contributed by atoms with Crippen LogP contribution in [0.3, 0.4) is 0 Å². The number of rotatable bonds is 7. The minimum absolute atomic E-state index is 0.0122. The fraction of sp³-hybridized carbons (Fsp3) is 0.520. The van der Waals surface area contributed by atoms with Crippen molar-refractivity contribution in [2.45, 2.75) is 38.5 Å². The monoisotopic (exact) mass is 423 g/mol. The summed E-state index contributed by atoms with van der Waals surface area (Å²) in [5, 5.41) is 10.2. The molecular weight excluding hydrogens is 390 g/mol. The minimum atomic E-state index is -0.0396. The normalized spacial score (nSPS) is 21.2. The molecule has 1 saturated heterocycles. The largest absolute Gasteiger partial charge is 0.395 e. The van der Waals surface area contributed by atoms with Crippen LogP contribution in [0.25, 0.3) is 10.9 Å². The van der Waals surface area contributed by atoms with Gasteiger partial charge in [-0.3, -0.25) is 14.5 Å². The molecule has 1 saturated carbocycles. The van der Waals surface area contributed by atoms with E-state index in [-0.39, 0.29) is 24.1 Å². The van der Waals surface area contributed by atoms with E-state index in [2.05, 4.69) is 27.8 Å². The number of nitrogens with one attached hydrogen (secondary N) is 1. The lowest BCUT2D eigenvalue weighted by Gasteiger charge is -2.34. The van der Waals surface area contributed by atoms with Gasteiger partial charge in [-0.2, -0.15) is 0 Å². The van der Waals surface area contributed by atoms with E-state index in [0.717, 1.165) is 68.6 Å². The predicted molar refractivity (Wildman–Crippen MR) is 122 cm³/mol. The summed E-state index contributed by atoms with van der Waals surface area (Å²) >= 11 is 0. The van der Waals surface area contributed by atoms with E-state index >= 15 is 0 Å². The number of Topliss-reactive ketones (excluding diaryl/α,β-unsaturated/α-hetero) is 2. The number of aryl methyl sites for hydroxylation is 1. The number of hydrogen-bond donors (Lipinski definition) is 2. The maximum absolute atomic E-state index is 12.8. The lowest BCUT2D eigenvalue weighted by Crippen LogP contribution is -2.47. The Morgan fingerprint density at radius 2 is 1.74 bits per heavy atom. The number of fused-ring (bicyclic) bond motifs is 1. The molecule has 0 bridgehead atoms. The number of aliphatic hydroxyl groups is 1. The molecule has 1 aromatic carbocycles. The molecule has 0 amide bonds. The number of ketones is 2. The number of allylic oxidation sites excluding steroid dienone is 2. The van der Waals surface area contributed by atoms with Crippen molar-refractivity contribution >= 4 is 22.5 Å². The van der Waals surface area contributed by atoms with E-state index < -0.39 is 0 Å². The van der Waals surface area contributed by atoms with Crippen molar-refractivity contribution in [1.29, 1.82) is 0 Å². The second kappa shape index (κ2) is 9.90. The fourth-order valence-electron chi connectivity index (χ4n) is 5.00. The number of hydrogen-bond acceptors (Lipinski definition) is 5. The van der Waals surface area contributed by atoms with Crippen molar-refractivity contribution in [3.63, 3.8) is 0 Å². The maximum atomic E-state index is 12.8. The topological polar surface area (TPSA) is 76.6 Å². The summed E-state index contributed by atoms with van der Waals surface area (Å²) < 4.78 is 0. The Labute approximate surface area is 183 Å². The van der Waals surface area contributed by atoms with Gasteiger partial charge < -0.3 is 15.0 Å². The summed E-state index contributed by atoms with van der Waals surface area (Å²) in [4.78, 5) is 33.6. The van der Waals surface area contributed by atoms with E-state index in [1.807, 2.05) is 24.4 Å². The Balaban J connectivity index is 1.31. The molecule has 6 heteroatoms. The number of carbonyl (C=O) groups excluding carboxylic acids is 2. The molecule has 2 fully saturated rings. The van der Waals surface area contributed by atoms with Crippen LogP contribution in [0.5, 0.6) is 0 Å². The summed E-state index contributed by atoms with van der Waals surface area (Å²) in [6.45, 7) is 8.04. The van der Waals surface area contributed by atoms with E-state index in [1.165, 1.54) is 5.56 Å². The van der Waals surface area contributed by atoms with Gasteiger partial charge in [0.25, 0.3) is 0 Å². The number of aromatic amines is 1. The Kier molecular flexibility index (Phi) is 7.00. The first-order valence-electron chi connectivity index (χ1n) is 11.5. The van der Waals surface area contributed by atoms with Crippen LogP contribution in [-0.2, 0) is 9.59 Å². The van der Waals surface area contributed by atoms with Crippen molar-refractivity contribution in [2.24, 2.45) is 0 Å². The maximum Gasteiger partial charge on any atom is 0.166 e. The van der Waals surface area contributed by atoms with Crippen LogP contribution in [-0.4, -0.2) is 77.3 Å². The van der Waals surface area contributed by atoms with Gasteiger partial charge in [-0.15, -0.1) is 0 Å². The van der Waals surface area contributed by atoms with Crippen LogP contribution in [0.15, 0.2) is 36.0 Å². The number of H-pyrrole nitrogens is 1. The molecule has 0 atom stereocenters. The molecule has 4 rings (SSSR count). The molecule has 2 N–H and O–H groups in total. The fourth-order valence-corrected chi connectivity index (χ4v) is 5.00. The van der Waals surface area contributed by atoms with Crippen LogP contribution >= 0.6 is 0 Å². The molecule has 2 heterocycles. The Morgan fingerprint density at radius 3 is 2.42 bits per heavy atom. The van der Waals surface area contributed by atoms with Crippen LogP contribution in [0, 0.1) is 6.92 Å². The molecule has 6 nitrogen and oxygen atoms in total. The van der Waals surface area contributed by atoms with Gasteiger partial charge in [-0.25, -0.2) is 0 Å². The summed E-state index contributed by atoms with van der Waals surface area (Å²) in [5.41, 5.74) is 3.75. The van der Waals surface area contributed by atoms with Crippen molar-refractivity contribution in [1.82, 2.24) is 14.8 Å². The third kappa shape index (κ3) is 4.97. The second-order valence-electron chi connectivity index (χ2n) is 8.86. The standard InChI is InChI=1S/C25H33N3O3/c1-18-5-4-7-22-25(18)21(17-26-22)19-15-23(30)20(24(31)16-19)6-2-3-8-27-9-11-28(12-10-27)13-14-29/h4-7,17,19,26,29H,2-3,8-16H2,1H3. The van der Waals surface area contributed by atoms with Gasteiger partial charge >= 0.3 is 0 Å². The molecule has 2 aliphatic rings. The van der Waals surface area contributed by atoms with Crippen LogP contribution in [0.4, 0.5) is 0 Å². The molecule has 1 aromatic heterocycles. The highest BCUT2D eigenvalue weighted by Crippen LogP contribution is 2.36. The van der Waals surface area contributed by atoms with Crippen LogP contribution in [0.1, 0.15) is 42.7 Å². The summed E-state index contributed by atoms with van der Waals surface area (Å²) in [5.74, 6) is -0.0641. The Bertz CT molecular complexity index is 950. The van der Waals surface area contributed by atoms with Gasteiger partial charge in [0, 0.05) is 68.6 Å². The summed E-state index contributed by atoms with van der Waals surface area (Å²) in [7, 11) is 0. The smallest absolute Gasteiger partial charge is 0.166 e. The van der Waals surface area contributed by atoms with Gasteiger partial charge in [-0.1, -0.05) is 18.2 Å². The molecule has 31 heavy (non-hydrogen) atoms. The average Bonchev–Trinajstić information content (AvgIpc) is 3.19. The van der Waals surface area contributed by atoms with Gasteiger partial charge in [-0.05, 0) is 43.5 Å². The van der Waals surface area contributed by atoms with Crippen molar-refractivity contribution in [3.8, 4) is 0 Å². The van der Waals surface area contributed by atoms with Crippen molar-refractivity contribution in [2.75, 3.05) is 45.9 Å². The zero-order valence-electron chi connectivity index (χ0n) is 18.4. The Hall–Kier alpha value is -2.28. The van der Waals surface area contributed by atoms with Crippen LogP contribution in [0.2, 0.25) is 0 Å². The number of aromatic nitrogens is 1. The number of unbranched alkanes of at least 4 members (excludes halogenated alkanes) is 1. The molecule has 0 unspecified atom stereocenters. The van der Waals surface area contributed by atoms with Gasteiger partial charge in [0.1, 0.15) is 0 Å². The summed E-state index contributed by atoms with van der Waals surface area (Å²) in [6, 6.07) is 6.13. The molecule has 166 valence electrons. The zero-order chi connectivity index (χ0) is 21.8. The third-order valence-corrected chi connectivity index (χ3v) is 6.76. The first kappa shape index (κ1) is 21.9. The number of aliphatic hydroxyl groups excluding tert-OH is 1. The number of benzene rings is 1. The van der Waals surface area contributed by atoms with E-state index in [4.69, 9.17) is 5.11 Å². The summed E-state index contributed by atoms with van der Waals surface area (Å²) in [6.07, 6.45) is 6.38. The lowest BCUT2D eigenvalue weighted by molar-refractivity contribution is -0.124. The first-order valence-corrected chi connectivity index (χ1v) is 11.5. The van der Waals surface area contributed by atoms with Crippen molar-refractivity contribution < 1.29 is 14.7 Å². The van der Waals surface area contributed by atoms with Crippen LogP contribution < -0.4 is 0 Å². The number of β-amino-alcohol motifs (C(OH)–C–C–N with tert-alkyl or cyclic N) is 1. The molecule has 0 radical (unpaired) electrons. The molecule has 0 spiro atoms. The van der Waals surface area contributed by atoms with E-state index in [9.17, 15) is 9.59 Å². The van der Waals surface area contributed by atoms with Gasteiger partial charge in [0.2, 0.25) is 0 Å². The molecule has 1 aliphatic carbocycles. The molecule has 1 aliphatic heterocycles.